The number of rotatable bonds is 9. The fraction of sp³-hybridized carbons (Fsp3) is 0.276. The Bertz CT molecular complexity index is 1570. The van der Waals surface area contributed by atoms with E-state index in [1.54, 1.807) is 51.3 Å². The van der Waals surface area contributed by atoms with Crippen LogP contribution in [0.2, 0.25) is 0 Å². The van der Waals surface area contributed by atoms with Crippen molar-refractivity contribution in [2.75, 3.05) is 13.7 Å². The highest BCUT2D eigenvalue weighted by Crippen LogP contribution is 2.28. The predicted molar refractivity (Wildman–Crippen MR) is 146 cm³/mol. The van der Waals surface area contributed by atoms with Gasteiger partial charge in [0.05, 0.1) is 18.6 Å². The molecule has 0 amide bonds. The van der Waals surface area contributed by atoms with E-state index >= 15 is 0 Å². The minimum Gasteiger partial charge on any atom is -0.497 e. The number of ether oxygens (including phenoxy) is 2. The summed E-state index contributed by atoms with van der Waals surface area (Å²) in [5.74, 6) is 1.36. The maximum atomic E-state index is 14.1. The lowest BCUT2D eigenvalue weighted by Gasteiger charge is -2.25. The highest BCUT2D eigenvalue weighted by atomic mass is 32.2. The van der Waals surface area contributed by atoms with Gasteiger partial charge in [0.1, 0.15) is 11.5 Å². The highest BCUT2D eigenvalue weighted by molar-refractivity contribution is 7.89. The zero-order chi connectivity index (χ0) is 26.7. The molecule has 0 saturated heterocycles. The molecule has 0 aliphatic carbocycles. The van der Waals surface area contributed by atoms with E-state index < -0.39 is 10.0 Å². The summed E-state index contributed by atoms with van der Waals surface area (Å²) in [4.78, 5) is 16.2. The highest BCUT2D eigenvalue weighted by Gasteiger charge is 2.29. The second-order valence-electron chi connectivity index (χ2n) is 9.15. The van der Waals surface area contributed by atoms with Gasteiger partial charge in [0.25, 0.3) is 5.56 Å². The molecule has 3 aromatic carbocycles. The molecule has 0 spiro atoms. The zero-order valence-electron chi connectivity index (χ0n) is 21.8. The first-order chi connectivity index (χ1) is 17.6. The number of aromatic amines is 1. The number of H-pyrrole nitrogens is 1. The largest absolute Gasteiger partial charge is 0.497 e. The molecule has 0 aliphatic rings. The van der Waals surface area contributed by atoms with Crippen molar-refractivity contribution in [1.82, 2.24) is 9.29 Å². The van der Waals surface area contributed by atoms with Gasteiger partial charge in [0, 0.05) is 29.6 Å². The van der Waals surface area contributed by atoms with Gasteiger partial charge in [-0.25, -0.2) is 8.42 Å². The molecule has 0 atom stereocenters. The molecule has 1 N–H and O–H groups in total. The number of nitrogens with one attached hydrogen (secondary N) is 1. The molecule has 8 heteroatoms. The lowest BCUT2D eigenvalue weighted by atomic mass is 10.1. The maximum Gasteiger partial charge on any atom is 0.252 e. The van der Waals surface area contributed by atoms with E-state index in [1.165, 1.54) is 4.31 Å². The van der Waals surface area contributed by atoms with Gasteiger partial charge >= 0.3 is 0 Å². The molecule has 0 radical (unpaired) electrons. The third kappa shape index (κ3) is 5.70. The van der Waals surface area contributed by atoms with Crippen LogP contribution in [0.25, 0.3) is 10.9 Å². The number of fused-ring (bicyclic) bond motifs is 1. The third-order valence-corrected chi connectivity index (χ3v) is 8.37. The van der Waals surface area contributed by atoms with Crippen molar-refractivity contribution >= 4 is 20.9 Å². The molecule has 0 unspecified atom stereocenters. The molecule has 194 valence electrons. The van der Waals surface area contributed by atoms with Gasteiger partial charge in [0.15, 0.2) is 0 Å². The molecular formula is C29H32N2O5S. The van der Waals surface area contributed by atoms with E-state index in [9.17, 15) is 13.2 Å². The number of nitrogens with zero attached hydrogens (tertiary/aromatic N) is 1. The normalized spacial score (nSPS) is 11.7. The third-order valence-electron chi connectivity index (χ3n) is 6.27. The molecular weight excluding hydrogens is 488 g/mol. The van der Waals surface area contributed by atoms with Crippen LogP contribution in [0.1, 0.15) is 34.7 Å². The molecule has 4 aromatic rings. The molecule has 7 nitrogen and oxygen atoms in total. The molecule has 0 saturated carbocycles. The Morgan fingerprint density at radius 2 is 1.51 bits per heavy atom. The summed E-state index contributed by atoms with van der Waals surface area (Å²) < 4.78 is 40.4. The van der Waals surface area contributed by atoms with Crippen LogP contribution < -0.4 is 15.0 Å². The van der Waals surface area contributed by atoms with E-state index in [-0.39, 0.29) is 23.5 Å². The van der Waals surface area contributed by atoms with Crippen LogP contribution in [-0.4, -0.2) is 31.4 Å². The average Bonchev–Trinajstić information content (AvgIpc) is 2.84. The van der Waals surface area contributed by atoms with Crippen molar-refractivity contribution in [2.45, 2.75) is 45.7 Å². The summed E-state index contributed by atoms with van der Waals surface area (Å²) in [6.07, 6.45) is 0. The maximum absolute atomic E-state index is 14.1. The van der Waals surface area contributed by atoms with Crippen molar-refractivity contribution in [2.24, 2.45) is 0 Å². The van der Waals surface area contributed by atoms with Gasteiger partial charge in [-0.2, -0.15) is 4.31 Å². The second kappa shape index (κ2) is 10.8. The number of hydrogen-bond donors (Lipinski definition) is 1. The Kier molecular flexibility index (Phi) is 7.71. The summed E-state index contributed by atoms with van der Waals surface area (Å²) >= 11 is 0. The quantitative estimate of drug-likeness (QED) is 0.326. The van der Waals surface area contributed by atoms with Crippen molar-refractivity contribution in [3.8, 4) is 11.5 Å². The summed E-state index contributed by atoms with van der Waals surface area (Å²) in [6.45, 7) is 7.97. The molecule has 4 rings (SSSR count). The summed E-state index contributed by atoms with van der Waals surface area (Å²) in [6, 6.07) is 18.1. The molecule has 1 aromatic heterocycles. The van der Waals surface area contributed by atoms with Gasteiger partial charge in [-0.3, -0.25) is 4.79 Å². The summed E-state index contributed by atoms with van der Waals surface area (Å²) in [5.41, 5.74) is 3.79. The Morgan fingerprint density at radius 3 is 2.14 bits per heavy atom. The Hall–Kier alpha value is -3.62. The van der Waals surface area contributed by atoms with Gasteiger partial charge in [-0.15, -0.1) is 0 Å². The SMILES string of the molecule is CCOc1ccc2[nH]c(=O)c(CN(Cc3ccc(OC)cc3)S(=O)(=O)c3c(C)cc(C)cc3C)cc2c1. The van der Waals surface area contributed by atoms with Crippen LogP contribution in [0.15, 0.2) is 70.4 Å². The fourth-order valence-corrected chi connectivity index (χ4v) is 6.47. The van der Waals surface area contributed by atoms with Gasteiger partial charge in [0.2, 0.25) is 10.0 Å². The Morgan fingerprint density at radius 1 is 0.865 bits per heavy atom. The topological polar surface area (TPSA) is 88.7 Å². The smallest absolute Gasteiger partial charge is 0.252 e. The van der Waals surface area contributed by atoms with Gasteiger partial charge < -0.3 is 14.5 Å². The Balaban J connectivity index is 1.81. The van der Waals surface area contributed by atoms with Crippen LogP contribution >= 0.6 is 0 Å². The van der Waals surface area contributed by atoms with Crippen LogP contribution in [0, 0.1) is 20.8 Å². The number of pyridine rings is 1. The molecule has 37 heavy (non-hydrogen) atoms. The van der Waals surface area contributed by atoms with Crippen molar-refractivity contribution in [3.05, 3.63) is 98.8 Å². The number of methoxy groups -OCH3 is 1. The molecule has 0 bridgehead atoms. The summed E-state index contributed by atoms with van der Waals surface area (Å²) in [7, 11) is -2.37. The van der Waals surface area contributed by atoms with Crippen molar-refractivity contribution < 1.29 is 17.9 Å². The monoisotopic (exact) mass is 520 g/mol. The van der Waals surface area contributed by atoms with E-state index in [4.69, 9.17) is 9.47 Å². The van der Waals surface area contributed by atoms with Crippen LogP contribution in [0.4, 0.5) is 0 Å². The lowest BCUT2D eigenvalue weighted by molar-refractivity contribution is 0.340. The predicted octanol–water partition coefficient (Wildman–Crippen LogP) is 5.25. The first-order valence-electron chi connectivity index (χ1n) is 12.1. The standard InChI is InChI=1S/C29H32N2O5S/c1-6-36-26-11-12-27-23(16-26)15-24(29(32)30-27)18-31(17-22-7-9-25(35-5)10-8-22)37(33,34)28-20(3)13-19(2)14-21(28)4/h7-16H,6,17-18H2,1-5H3,(H,30,32). The average molecular weight is 521 g/mol. The molecule has 0 fully saturated rings. The van der Waals surface area contributed by atoms with Crippen LogP contribution in [0.3, 0.4) is 0 Å². The minimum absolute atomic E-state index is 0.0920. The van der Waals surface area contributed by atoms with E-state index in [2.05, 4.69) is 4.98 Å². The van der Waals surface area contributed by atoms with Gasteiger partial charge in [-0.1, -0.05) is 29.8 Å². The Labute approximate surface area is 217 Å². The molecule has 0 aliphatic heterocycles. The number of aromatic nitrogens is 1. The lowest BCUT2D eigenvalue weighted by Crippen LogP contribution is -2.33. The van der Waals surface area contributed by atoms with E-state index in [0.717, 1.165) is 16.5 Å². The first-order valence-corrected chi connectivity index (χ1v) is 13.6. The number of sulfonamides is 1. The number of benzene rings is 3. The minimum atomic E-state index is -3.95. The second-order valence-corrected chi connectivity index (χ2v) is 11.0. The van der Waals surface area contributed by atoms with Crippen molar-refractivity contribution in [1.29, 1.82) is 0 Å². The zero-order valence-corrected chi connectivity index (χ0v) is 22.6. The first kappa shape index (κ1) is 26.4. The van der Waals surface area contributed by atoms with Crippen molar-refractivity contribution in [3.63, 3.8) is 0 Å². The number of aryl methyl sites for hydroxylation is 3. The fourth-order valence-electron chi connectivity index (χ4n) is 4.66. The van der Waals surface area contributed by atoms with E-state index in [0.29, 0.717) is 40.3 Å². The number of hydrogen-bond acceptors (Lipinski definition) is 5. The van der Waals surface area contributed by atoms with Gasteiger partial charge in [-0.05, 0) is 80.8 Å². The van der Waals surface area contributed by atoms with Crippen LogP contribution in [0.5, 0.6) is 11.5 Å². The van der Waals surface area contributed by atoms with Crippen LogP contribution in [-0.2, 0) is 23.1 Å². The molecule has 1 heterocycles. The summed E-state index contributed by atoms with van der Waals surface area (Å²) in [5, 5.41) is 0.769. The van der Waals surface area contributed by atoms with E-state index in [1.807, 2.05) is 44.2 Å².